The number of benzene rings is 2. The number of hydrogen-bond acceptors (Lipinski definition) is 5. The molecule has 7 nitrogen and oxygen atoms in total. The monoisotopic (exact) mass is 454 g/mol. The molecule has 0 aliphatic carbocycles. The van der Waals surface area contributed by atoms with Crippen LogP contribution < -0.4 is 4.90 Å². The number of carbonyl (C=O) groups is 1. The number of hydrogen-bond donors (Lipinski definition) is 1. The van der Waals surface area contributed by atoms with Gasteiger partial charge in [-0.1, -0.05) is 48.5 Å². The summed E-state index contributed by atoms with van der Waals surface area (Å²) in [6, 6.07) is 21.0. The molecular formula is C27H26N4O3. The number of ether oxygens (including phenoxy) is 1. The van der Waals surface area contributed by atoms with Gasteiger partial charge in [-0.3, -0.25) is 4.79 Å². The van der Waals surface area contributed by atoms with Gasteiger partial charge in [0.25, 0.3) is 0 Å². The first-order chi connectivity index (χ1) is 16.6. The van der Waals surface area contributed by atoms with Crippen molar-refractivity contribution in [1.29, 1.82) is 0 Å². The third-order valence-electron chi connectivity index (χ3n) is 6.96. The molecule has 172 valence electrons. The molecule has 2 saturated heterocycles. The van der Waals surface area contributed by atoms with Crippen molar-refractivity contribution in [1.82, 2.24) is 14.6 Å². The number of aliphatic carboxylic acids is 1. The lowest BCUT2D eigenvalue weighted by Crippen LogP contribution is -2.47. The zero-order valence-electron chi connectivity index (χ0n) is 19.0. The molecular weight excluding hydrogens is 428 g/mol. The Morgan fingerprint density at radius 3 is 2.44 bits per heavy atom. The van der Waals surface area contributed by atoms with Crippen LogP contribution in [0.25, 0.3) is 28.0 Å². The van der Waals surface area contributed by atoms with Gasteiger partial charge < -0.3 is 14.7 Å². The standard InChI is InChI=1S/C27H26N4O3/c1-17-23(13-26(32)33)27(30-21-10-11-22(30)16-34-15-21)31-25(28-17)14-24(29-31)20-9-5-8-19(12-20)18-6-3-2-4-7-18/h2-9,12,14,21-22H,10-11,13,15-16H2,1H3,(H,32,33). The number of aryl methyl sites for hydroxylation is 1. The minimum Gasteiger partial charge on any atom is -0.481 e. The molecule has 4 aromatic rings. The number of nitrogens with zero attached hydrogens (tertiary/aromatic N) is 4. The van der Waals surface area contributed by atoms with Crippen LogP contribution >= 0.6 is 0 Å². The van der Waals surface area contributed by atoms with E-state index >= 15 is 0 Å². The van der Waals surface area contributed by atoms with Gasteiger partial charge in [-0.05, 0) is 37.0 Å². The molecule has 2 aromatic heterocycles. The lowest BCUT2D eigenvalue weighted by atomic mass is 10.0. The first kappa shape index (κ1) is 20.9. The Morgan fingerprint density at radius 2 is 1.71 bits per heavy atom. The molecule has 1 N–H and O–H groups in total. The third kappa shape index (κ3) is 3.53. The van der Waals surface area contributed by atoms with Crippen LogP contribution in [0.4, 0.5) is 5.82 Å². The molecule has 2 aliphatic heterocycles. The highest BCUT2D eigenvalue weighted by Gasteiger charge is 2.40. The minimum absolute atomic E-state index is 0.0837. The summed E-state index contributed by atoms with van der Waals surface area (Å²) in [5, 5.41) is 14.6. The fraction of sp³-hybridized carbons (Fsp3) is 0.296. The lowest BCUT2D eigenvalue weighted by Gasteiger charge is -2.37. The van der Waals surface area contributed by atoms with Gasteiger partial charge in [-0.2, -0.15) is 9.61 Å². The second kappa shape index (κ2) is 8.25. The predicted octanol–water partition coefficient (Wildman–Crippen LogP) is 4.37. The number of carboxylic acid groups (broad SMARTS) is 1. The molecule has 2 unspecified atom stereocenters. The Kier molecular flexibility index (Phi) is 5.07. The van der Waals surface area contributed by atoms with Crippen molar-refractivity contribution in [3.63, 3.8) is 0 Å². The van der Waals surface area contributed by atoms with Crippen LogP contribution in [0.5, 0.6) is 0 Å². The maximum Gasteiger partial charge on any atom is 0.308 e. The number of morpholine rings is 1. The average Bonchev–Trinajstić information content (AvgIpc) is 3.36. The quantitative estimate of drug-likeness (QED) is 0.483. The van der Waals surface area contributed by atoms with Crippen LogP contribution in [0.1, 0.15) is 24.1 Å². The van der Waals surface area contributed by atoms with E-state index in [9.17, 15) is 9.90 Å². The van der Waals surface area contributed by atoms with Gasteiger partial charge in [0.05, 0.1) is 37.4 Å². The van der Waals surface area contributed by atoms with Gasteiger partial charge in [0, 0.05) is 22.9 Å². The second-order valence-electron chi connectivity index (χ2n) is 9.15. The first-order valence-electron chi connectivity index (χ1n) is 11.7. The van der Waals surface area contributed by atoms with E-state index in [2.05, 4.69) is 35.2 Å². The van der Waals surface area contributed by atoms with E-state index in [1.54, 1.807) is 0 Å². The lowest BCUT2D eigenvalue weighted by molar-refractivity contribution is -0.136. The van der Waals surface area contributed by atoms with Gasteiger partial charge in [-0.25, -0.2) is 4.98 Å². The molecule has 6 rings (SSSR count). The Bertz CT molecular complexity index is 1370. The molecule has 0 saturated carbocycles. The van der Waals surface area contributed by atoms with E-state index in [0.717, 1.165) is 57.9 Å². The molecule has 2 atom stereocenters. The summed E-state index contributed by atoms with van der Waals surface area (Å²) >= 11 is 0. The third-order valence-corrected chi connectivity index (χ3v) is 6.96. The van der Waals surface area contributed by atoms with Crippen LogP contribution in [0.15, 0.2) is 60.7 Å². The van der Waals surface area contributed by atoms with Gasteiger partial charge >= 0.3 is 5.97 Å². The SMILES string of the molecule is Cc1nc2cc(-c3cccc(-c4ccccc4)c3)nn2c(N2C3CCC2COC3)c1CC(=O)O. The van der Waals surface area contributed by atoms with Gasteiger partial charge in [0.2, 0.25) is 0 Å². The van der Waals surface area contributed by atoms with E-state index in [0.29, 0.717) is 13.2 Å². The highest BCUT2D eigenvalue weighted by atomic mass is 16.5. The Hall–Kier alpha value is -3.71. The van der Waals surface area contributed by atoms with Crippen LogP contribution in [0.2, 0.25) is 0 Å². The maximum atomic E-state index is 11.8. The Labute approximate surface area is 197 Å². The second-order valence-corrected chi connectivity index (χ2v) is 9.15. The maximum absolute atomic E-state index is 11.8. The summed E-state index contributed by atoms with van der Waals surface area (Å²) in [7, 11) is 0. The molecule has 34 heavy (non-hydrogen) atoms. The van der Waals surface area contributed by atoms with Crippen molar-refractivity contribution in [2.45, 2.75) is 38.3 Å². The Morgan fingerprint density at radius 1 is 1.00 bits per heavy atom. The minimum atomic E-state index is -0.867. The summed E-state index contributed by atoms with van der Waals surface area (Å²) in [6.45, 7) is 3.20. The summed E-state index contributed by atoms with van der Waals surface area (Å²) < 4.78 is 7.65. The fourth-order valence-corrected chi connectivity index (χ4v) is 5.36. The molecule has 2 aliphatic rings. The van der Waals surface area contributed by atoms with E-state index < -0.39 is 5.97 Å². The van der Waals surface area contributed by atoms with Crippen molar-refractivity contribution in [3.8, 4) is 22.4 Å². The first-order valence-corrected chi connectivity index (χ1v) is 11.7. The fourth-order valence-electron chi connectivity index (χ4n) is 5.36. The molecule has 2 fully saturated rings. The molecule has 2 bridgehead atoms. The van der Waals surface area contributed by atoms with Gasteiger partial charge in [-0.15, -0.1) is 0 Å². The van der Waals surface area contributed by atoms with E-state index in [1.165, 1.54) is 0 Å². The number of carboxylic acids is 1. The number of aromatic nitrogens is 3. The van der Waals surface area contributed by atoms with Gasteiger partial charge in [0.1, 0.15) is 5.82 Å². The van der Waals surface area contributed by atoms with E-state index in [1.807, 2.05) is 41.8 Å². The molecule has 4 heterocycles. The van der Waals surface area contributed by atoms with Crippen molar-refractivity contribution in [2.24, 2.45) is 0 Å². The normalized spacial score (nSPS) is 19.6. The summed E-state index contributed by atoms with van der Waals surface area (Å²) in [5.74, 6) is -0.0137. The smallest absolute Gasteiger partial charge is 0.308 e. The van der Waals surface area contributed by atoms with E-state index in [-0.39, 0.29) is 18.5 Å². The number of rotatable bonds is 5. The molecule has 7 heteroatoms. The average molecular weight is 455 g/mol. The van der Waals surface area contributed by atoms with Crippen molar-refractivity contribution < 1.29 is 14.6 Å². The molecule has 0 amide bonds. The largest absolute Gasteiger partial charge is 0.481 e. The van der Waals surface area contributed by atoms with Gasteiger partial charge in [0.15, 0.2) is 5.65 Å². The molecule has 0 radical (unpaired) electrons. The molecule has 0 spiro atoms. The molecule has 2 aromatic carbocycles. The highest BCUT2D eigenvalue weighted by molar-refractivity contribution is 5.77. The zero-order chi connectivity index (χ0) is 23.2. The zero-order valence-corrected chi connectivity index (χ0v) is 19.0. The van der Waals surface area contributed by atoms with Crippen molar-refractivity contribution in [2.75, 3.05) is 18.1 Å². The predicted molar refractivity (Wildman–Crippen MR) is 130 cm³/mol. The van der Waals surface area contributed by atoms with E-state index in [4.69, 9.17) is 14.8 Å². The highest BCUT2D eigenvalue weighted by Crippen LogP contribution is 2.38. The summed E-state index contributed by atoms with van der Waals surface area (Å²) in [4.78, 5) is 18.9. The number of fused-ring (bicyclic) bond motifs is 3. The Balaban J connectivity index is 1.51. The summed E-state index contributed by atoms with van der Waals surface area (Å²) in [5.41, 5.74) is 6.28. The van der Waals surface area contributed by atoms with Crippen molar-refractivity contribution in [3.05, 3.63) is 71.9 Å². The topological polar surface area (TPSA) is 80.0 Å². The number of anilines is 1. The summed E-state index contributed by atoms with van der Waals surface area (Å²) in [6.07, 6.45) is 1.99. The van der Waals surface area contributed by atoms with Crippen LogP contribution in [-0.2, 0) is 16.0 Å². The van der Waals surface area contributed by atoms with Crippen LogP contribution in [0.3, 0.4) is 0 Å². The van der Waals surface area contributed by atoms with Crippen LogP contribution in [0, 0.1) is 6.92 Å². The van der Waals surface area contributed by atoms with Crippen LogP contribution in [-0.4, -0.2) is 51.0 Å². The van der Waals surface area contributed by atoms with Crippen molar-refractivity contribution >= 4 is 17.4 Å².